The molecule has 0 saturated carbocycles. The van der Waals surface area contributed by atoms with Gasteiger partial charge in [0.2, 0.25) is 0 Å². The van der Waals surface area contributed by atoms with Gasteiger partial charge in [-0.15, -0.1) is 11.6 Å². The van der Waals surface area contributed by atoms with Crippen molar-refractivity contribution in [1.29, 1.82) is 0 Å². The highest BCUT2D eigenvalue weighted by Gasteiger charge is 2.12. The first-order valence-electron chi connectivity index (χ1n) is 3.83. The molecule has 0 radical (unpaired) electrons. The summed E-state index contributed by atoms with van der Waals surface area (Å²) in [5.41, 5.74) is 3.46. The Labute approximate surface area is 77.4 Å². The molecular weight excluding hydrogens is 174 g/mol. The molecule has 0 aliphatic rings. The van der Waals surface area contributed by atoms with E-state index in [0.29, 0.717) is 11.6 Å². The molecule has 1 aromatic heterocycles. The maximum absolute atomic E-state index is 11.4. The number of rotatable bonds is 1. The Bertz CT molecular complexity index is 310. The summed E-state index contributed by atoms with van der Waals surface area (Å²) in [6.07, 6.45) is 0. The van der Waals surface area contributed by atoms with Crippen LogP contribution in [-0.2, 0) is 5.88 Å². The molecule has 0 N–H and O–H groups in total. The minimum absolute atomic E-state index is 0.403. The molecular formula is C9H12ClNO. The highest BCUT2D eigenvalue weighted by Crippen LogP contribution is 2.13. The van der Waals surface area contributed by atoms with Gasteiger partial charge >= 0.3 is 0 Å². The van der Waals surface area contributed by atoms with Crippen molar-refractivity contribution in [1.82, 2.24) is 0 Å². The highest BCUT2D eigenvalue weighted by atomic mass is 35.5. The van der Waals surface area contributed by atoms with Gasteiger partial charge in [0.05, 0.1) is 5.88 Å². The number of halogens is 1. The van der Waals surface area contributed by atoms with Crippen molar-refractivity contribution < 1.29 is 4.73 Å². The second-order valence-electron chi connectivity index (χ2n) is 2.96. The highest BCUT2D eigenvalue weighted by molar-refractivity contribution is 6.17. The van der Waals surface area contributed by atoms with Crippen LogP contribution < -0.4 is 4.73 Å². The van der Waals surface area contributed by atoms with E-state index in [4.69, 9.17) is 11.6 Å². The lowest BCUT2D eigenvalue weighted by Gasteiger charge is -2.09. The SMILES string of the molecule is Cc1cc(C)[n+]([O-])c(C)c1CCl. The Kier molecular flexibility index (Phi) is 2.58. The van der Waals surface area contributed by atoms with Crippen LogP contribution in [0.1, 0.15) is 22.5 Å². The quantitative estimate of drug-likeness (QED) is 0.374. The van der Waals surface area contributed by atoms with Gasteiger partial charge in [0.25, 0.3) is 0 Å². The summed E-state index contributed by atoms with van der Waals surface area (Å²) in [4.78, 5) is 0. The number of pyridine rings is 1. The van der Waals surface area contributed by atoms with Crippen molar-refractivity contribution in [3.8, 4) is 0 Å². The van der Waals surface area contributed by atoms with Gasteiger partial charge in [-0.1, -0.05) is 0 Å². The molecule has 1 rings (SSSR count). The lowest BCUT2D eigenvalue weighted by atomic mass is 10.1. The fourth-order valence-corrected chi connectivity index (χ4v) is 1.74. The van der Waals surface area contributed by atoms with E-state index in [2.05, 4.69) is 0 Å². The molecule has 0 fully saturated rings. The molecule has 12 heavy (non-hydrogen) atoms. The van der Waals surface area contributed by atoms with Crippen LogP contribution in [0.5, 0.6) is 0 Å². The van der Waals surface area contributed by atoms with Crippen LogP contribution in [-0.4, -0.2) is 0 Å². The first kappa shape index (κ1) is 9.33. The molecule has 0 aliphatic heterocycles. The van der Waals surface area contributed by atoms with E-state index in [1.807, 2.05) is 13.0 Å². The third-order valence-corrected chi connectivity index (χ3v) is 2.36. The maximum atomic E-state index is 11.4. The van der Waals surface area contributed by atoms with Gasteiger partial charge in [0.15, 0.2) is 11.4 Å². The van der Waals surface area contributed by atoms with E-state index >= 15 is 0 Å². The Morgan fingerprint density at radius 3 is 2.50 bits per heavy atom. The lowest BCUT2D eigenvalue weighted by molar-refractivity contribution is -0.619. The van der Waals surface area contributed by atoms with E-state index in [1.54, 1.807) is 13.8 Å². The molecule has 2 nitrogen and oxygen atoms in total. The topological polar surface area (TPSA) is 26.9 Å². The molecule has 0 aliphatic carbocycles. The summed E-state index contributed by atoms with van der Waals surface area (Å²) in [7, 11) is 0. The van der Waals surface area contributed by atoms with Crippen molar-refractivity contribution in [2.75, 3.05) is 0 Å². The average molecular weight is 186 g/mol. The fraction of sp³-hybridized carbons (Fsp3) is 0.444. The van der Waals surface area contributed by atoms with E-state index in [-0.39, 0.29) is 0 Å². The Balaban J connectivity index is 3.40. The van der Waals surface area contributed by atoms with Crippen molar-refractivity contribution in [3.63, 3.8) is 0 Å². The van der Waals surface area contributed by atoms with Gasteiger partial charge in [-0.2, -0.15) is 4.73 Å². The molecule has 0 aromatic carbocycles. The second-order valence-corrected chi connectivity index (χ2v) is 3.23. The maximum Gasteiger partial charge on any atom is 0.194 e. The van der Waals surface area contributed by atoms with Crippen molar-refractivity contribution in [3.05, 3.63) is 33.8 Å². The zero-order chi connectivity index (χ0) is 9.30. The Morgan fingerprint density at radius 1 is 1.42 bits per heavy atom. The van der Waals surface area contributed by atoms with Crippen LogP contribution in [0.15, 0.2) is 6.07 Å². The Morgan fingerprint density at radius 2 is 2.00 bits per heavy atom. The molecule has 0 unspecified atom stereocenters. The van der Waals surface area contributed by atoms with Gasteiger partial charge in [-0.05, 0) is 12.5 Å². The predicted molar refractivity (Wildman–Crippen MR) is 49.2 cm³/mol. The number of aryl methyl sites for hydroxylation is 2. The molecule has 1 aromatic rings. The minimum Gasteiger partial charge on any atom is -0.618 e. The number of hydrogen-bond donors (Lipinski definition) is 0. The van der Waals surface area contributed by atoms with Crippen molar-refractivity contribution >= 4 is 11.6 Å². The number of hydrogen-bond acceptors (Lipinski definition) is 1. The van der Waals surface area contributed by atoms with Crippen LogP contribution in [0.25, 0.3) is 0 Å². The van der Waals surface area contributed by atoms with Crippen molar-refractivity contribution in [2.45, 2.75) is 26.7 Å². The van der Waals surface area contributed by atoms with Gasteiger partial charge in [0.1, 0.15) is 0 Å². The molecule has 3 heteroatoms. The molecule has 66 valence electrons. The standard InChI is InChI=1S/C9H12ClNO/c1-6-4-7(2)11(12)8(3)9(6)5-10/h4H,5H2,1-3H3. The zero-order valence-corrected chi connectivity index (χ0v) is 8.27. The molecule has 1 heterocycles. The number of nitrogens with zero attached hydrogens (tertiary/aromatic N) is 1. The smallest absolute Gasteiger partial charge is 0.194 e. The van der Waals surface area contributed by atoms with E-state index < -0.39 is 0 Å². The van der Waals surface area contributed by atoms with Crippen LogP contribution in [0.2, 0.25) is 0 Å². The molecule has 0 bridgehead atoms. The van der Waals surface area contributed by atoms with Crippen LogP contribution in [0, 0.1) is 26.0 Å². The van der Waals surface area contributed by atoms with Gasteiger partial charge < -0.3 is 5.21 Å². The molecule has 0 atom stereocenters. The number of aromatic nitrogens is 1. The monoisotopic (exact) mass is 185 g/mol. The largest absolute Gasteiger partial charge is 0.618 e. The molecule has 0 saturated heterocycles. The third kappa shape index (κ3) is 1.39. The van der Waals surface area contributed by atoms with Crippen LogP contribution in [0.4, 0.5) is 0 Å². The minimum atomic E-state index is 0.403. The summed E-state index contributed by atoms with van der Waals surface area (Å²) in [6, 6.07) is 1.86. The number of alkyl halides is 1. The van der Waals surface area contributed by atoms with Crippen LogP contribution in [0.3, 0.4) is 0 Å². The summed E-state index contributed by atoms with van der Waals surface area (Å²) >= 11 is 5.71. The predicted octanol–water partition coefficient (Wildman–Crippen LogP) is 1.98. The second kappa shape index (κ2) is 3.31. The van der Waals surface area contributed by atoms with Crippen LogP contribution >= 0.6 is 11.6 Å². The zero-order valence-electron chi connectivity index (χ0n) is 7.52. The lowest BCUT2D eigenvalue weighted by Crippen LogP contribution is -2.35. The van der Waals surface area contributed by atoms with E-state index in [1.165, 1.54) is 0 Å². The van der Waals surface area contributed by atoms with E-state index in [0.717, 1.165) is 21.6 Å². The normalized spacial score (nSPS) is 10.3. The Hall–Kier alpha value is -0.760. The summed E-state index contributed by atoms with van der Waals surface area (Å²) in [5.74, 6) is 0.403. The first-order valence-corrected chi connectivity index (χ1v) is 4.36. The van der Waals surface area contributed by atoms with E-state index in [9.17, 15) is 5.21 Å². The first-order chi connectivity index (χ1) is 5.57. The molecule has 0 spiro atoms. The molecule has 0 amide bonds. The van der Waals surface area contributed by atoms with Gasteiger partial charge in [-0.3, -0.25) is 0 Å². The summed E-state index contributed by atoms with van der Waals surface area (Å²) in [6.45, 7) is 5.56. The summed E-state index contributed by atoms with van der Waals surface area (Å²) in [5, 5.41) is 11.4. The summed E-state index contributed by atoms with van der Waals surface area (Å²) < 4.78 is 0.921. The third-order valence-electron chi connectivity index (χ3n) is 2.10. The van der Waals surface area contributed by atoms with Gasteiger partial charge in [0, 0.05) is 25.5 Å². The van der Waals surface area contributed by atoms with Crippen molar-refractivity contribution in [2.24, 2.45) is 0 Å². The average Bonchev–Trinajstić information content (AvgIpc) is 2.01. The van der Waals surface area contributed by atoms with Gasteiger partial charge in [-0.25, -0.2) is 0 Å². The fourth-order valence-electron chi connectivity index (χ4n) is 1.33.